The first-order valence-electron chi connectivity index (χ1n) is 9.22. The predicted molar refractivity (Wildman–Crippen MR) is 93.2 cm³/mol. The molecule has 7 nitrogen and oxygen atoms in total. The average molecular weight is 380 g/mol. The third-order valence-electron chi connectivity index (χ3n) is 5.66. The van der Waals surface area contributed by atoms with Gasteiger partial charge in [0.05, 0.1) is 29.6 Å². The van der Waals surface area contributed by atoms with E-state index in [4.69, 9.17) is 14.7 Å². The number of carbonyl (C=O) groups is 1. The van der Waals surface area contributed by atoms with E-state index in [0.29, 0.717) is 18.6 Å². The average Bonchev–Trinajstić information content (AvgIpc) is 3.20. The van der Waals surface area contributed by atoms with Gasteiger partial charge < -0.3 is 14.4 Å². The maximum Gasteiger partial charge on any atom is 0.257 e. The number of ether oxygens (including phenoxy) is 2. The van der Waals surface area contributed by atoms with Gasteiger partial charge in [-0.25, -0.2) is 4.39 Å². The lowest BCUT2D eigenvalue weighted by Crippen LogP contribution is -2.56. The molecule has 3 heterocycles. The van der Waals surface area contributed by atoms with E-state index < -0.39 is 11.4 Å². The summed E-state index contributed by atoms with van der Waals surface area (Å²) in [5, 5.41) is 8.95. The van der Waals surface area contributed by atoms with Gasteiger partial charge in [0.15, 0.2) is 5.60 Å². The third kappa shape index (κ3) is 2.62. The minimum Gasteiger partial charge on any atom is -0.490 e. The standard InChI is InChI=1S/C20H17FN4O3/c21-13-5-12(10-22)6-14(7-13)27-15-8-20(9-15)19(26)25-17(1-2-18(25)28-20)16-11-23-3-4-24-16/h3-7,11,15,17-18H,1-2,8-9H2/t15?,17-,18+,20?/m0/s1. The molecule has 8 heteroatoms. The molecule has 3 fully saturated rings. The highest BCUT2D eigenvalue weighted by atomic mass is 19.1. The Morgan fingerprint density at radius 1 is 1.29 bits per heavy atom. The van der Waals surface area contributed by atoms with Crippen molar-refractivity contribution in [3.63, 3.8) is 0 Å². The third-order valence-corrected chi connectivity index (χ3v) is 5.66. The van der Waals surface area contributed by atoms with Gasteiger partial charge in [-0.2, -0.15) is 5.26 Å². The van der Waals surface area contributed by atoms with Crippen LogP contribution in [0.2, 0.25) is 0 Å². The number of amides is 1. The van der Waals surface area contributed by atoms with Gasteiger partial charge in [-0.15, -0.1) is 0 Å². The lowest BCUT2D eigenvalue weighted by Gasteiger charge is -2.42. The molecule has 1 spiro atoms. The largest absolute Gasteiger partial charge is 0.490 e. The number of halogens is 1. The van der Waals surface area contributed by atoms with E-state index in [9.17, 15) is 9.18 Å². The summed E-state index contributed by atoms with van der Waals surface area (Å²) in [6.07, 6.45) is 6.79. The monoisotopic (exact) mass is 380 g/mol. The first kappa shape index (κ1) is 17.1. The zero-order valence-corrected chi connectivity index (χ0v) is 14.9. The van der Waals surface area contributed by atoms with Crippen LogP contribution in [0.5, 0.6) is 5.75 Å². The fourth-order valence-electron chi connectivity index (χ4n) is 4.40. The Hall–Kier alpha value is -3.05. The van der Waals surface area contributed by atoms with Crippen LogP contribution in [0.25, 0.3) is 0 Å². The van der Waals surface area contributed by atoms with Crippen LogP contribution in [0, 0.1) is 17.1 Å². The van der Waals surface area contributed by atoms with E-state index in [1.807, 2.05) is 6.07 Å². The smallest absolute Gasteiger partial charge is 0.257 e. The van der Waals surface area contributed by atoms with Crippen molar-refractivity contribution in [3.8, 4) is 11.8 Å². The van der Waals surface area contributed by atoms with Crippen LogP contribution in [0.15, 0.2) is 36.8 Å². The summed E-state index contributed by atoms with van der Waals surface area (Å²) < 4.78 is 25.5. The van der Waals surface area contributed by atoms with Crippen LogP contribution in [0.3, 0.4) is 0 Å². The van der Waals surface area contributed by atoms with E-state index in [1.165, 1.54) is 12.1 Å². The van der Waals surface area contributed by atoms with Crippen molar-refractivity contribution in [2.24, 2.45) is 0 Å². The Morgan fingerprint density at radius 2 is 2.14 bits per heavy atom. The van der Waals surface area contributed by atoms with Gasteiger partial charge in [0, 0.05) is 31.3 Å². The number of aromatic nitrogens is 2. The maximum absolute atomic E-state index is 13.6. The van der Waals surface area contributed by atoms with Crippen molar-refractivity contribution in [2.45, 2.75) is 49.7 Å². The summed E-state index contributed by atoms with van der Waals surface area (Å²) in [6.45, 7) is 0. The zero-order valence-electron chi connectivity index (χ0n) is 14.9. The SMILES string of the molecule is N#Cc1cc(F)cc(OC2CC3(C2)O[C@@H]2CC[C@@H](c4cnccn4)N2C3=O)c1. The molecule has 0 bridgehead atoms. The number of carbonyl (C=O) groups excluding carboxylic acids is 1. The lowest BCUT2D eigenvalue weighted by molar-refractivity contribution is -0.162. The minimum atomic E-state index is -0.873. The molecular formula is C20H17FN4O3. The minimum absolute atomic E-state index is 0.0394. The molecule has 2 atom stereocenters. The number of rotatable bonds is 3. The molecule has 3 aliphatic rings. The first-order valence-corrected chi connectivity index (χ1v) is 9.22. The lowest BCUT2D eigenvalue weighted by atomic mass is 9.76. The first-order chi connectivity index (χ1) is 13.6. The normalized spacial score (nSPS) is 30.8. The van der Waals surface area contributed by atoms with Crippen LogP contribution in [-0.2, 0) is 9.53 Å². The molecular weight excluding hydrogens is 363 g/mol. The van der Waals surface area contributed by atoms with Crippen molar-refractivity contribution in [1.82, 2.24) is 14.9 Å². The zero-order chi connectivity index (χ0) is 19.3. The van der Waals surface area contributed by atoms with Crippen LogP contribution in [-0.4, -0.2) is 38.7 Å². The number of benzene rings is 1. The van der Waals surface area contributed by atoms with Gasteiger partial charge in [-0.05, 0) is 25.0 Å². The molecule has 1 saturated carbocycles. The van der Waals surface area contributed by atoms with Crippen molar-refractivity contribution >= 4 is 5.91 Å². The van der Waals surface area contributed by atoms with E-state index in [0.717, 1.165) is 24.6 Å². The summed E-state index contributed by atoms with van der Waals surface area (Å²) in [5.74, 6) is -0.272. The van der Waals surface area contributed by atoms with E-state index in [2.05, 4.69) is 9.97 Å². The second-order valence-corrected chi connectivity index (χ2v) is 7.44. The Labute approximate surface area is 160 Å². The highest BCUT2D eigenvalue weighted by Gasteiger charge is 2.63. The van der Waals surface area contributed by atoms with Crippen molar-refractivity contribution in [1.29, 1.82) is 5.26 Å². The Balaban J connectivity index is 1.29. The second-order valence-electron chi connectivity index (χ2n) is 7.44. The molecule has 2 aromatic rings. The number of fused-ring (bicyclic) bond motifs is 1. The summed E-state index contributed by atoms with van der Waals surface area (Å²) in [5.41, 5.74) is 0.0984. The molecule has 1 aromatic heterocycles. The number of nitrogens with zero attached hydrogens (tertiary/aromatic N) is 4. The highest BCUT2D eigenvalue weighted by molar-refractivity contribution is 5.89. The van der Waals surface area contributed by atoms with Gasteiger partial charge in [0.1, 0.15) is 23.9 Å². The quantitative estimate of drug-likeness (QED) is 0.813. The fourth-order valence-corrected chi connectivity index (χ4v) is 4.40. The molecule has 28 heavy (non-hydrogen) atoms. The molecule has 5 rings (SSSR count). The summed E-state index contributed by atoms with van der Waals surface area (Å²) in [4.78, 5) is 23.4. The van der Waals surface area contributed by atoms with Crippen LogP contribution in [0.4, 0.5) is 4.39 Å². The molecule has 1 amide bonds. The van der Waals surface area contributed by atoms with Gasteiger partial charge in [0.25, 0.3) is 5.91 Å². The summed E-state index contributed by atoms with van der Waals surface area (Å²) in [7, 11) is 0. The topological polar surface area (TPSA) is 88.3 Å². The fraction of sp³-hybridized carbons (Fsp3) is 0.400. The predicted octanol–water partition coefficient (Wildman–Crippen LogP) is 2.49. The van der Waals surface area contributed by atoms with E-state index in [-0.39, 0.29) is 29.8 Å². The number of hydrogen-bond donors (Lipinski definition) is 0. The molecule has 2 saturated heterocycles. The molecule has 0 N–H and O–H groups in total. The molecule has 1 aliphatic carbocycles. The number of hydrogen-bond acceptors (Lipinski definition) is 6. The van der Waals surface area contributed by atoms with Crippen molar-refractivity contribution < 1.29 is 18.7 Å². The summed E-state index contributed by atoms with van der Waals surface area (Å²) in [6, 6.07) is 5.67. The van der Waals surface area contributed by atoms with Gasteiger partial charge in [0.2, 0.25) is 0 Å². The van der Waals surface area contributed by atoms with E-state index >= 15 is 0 Å². The summed E-state index contributed by atoms with van der Waals surface area (Å²) >= 11 is 0. The Bertz CT molecular complexity index is 971. The van der Waals surface area contributed by atoms with Crippen LogP contribution < -0.4 is 4.74 Å². The number of nitriles is 1. The van der Waals surface area contributed by atoms with Gasteiger partial charge in [-0.1, -0.05) is 0 Å². The van der Waals surface area contributed by atoms with Gasteiger partial charge in [-0.3, -0.25) is 14.8 Å². The second kappa shape index (κ2) is 6.24. The molecule has 2 aliphatic heterocycles. The molecule has 1 aromatic carbocycles. The highest BCUT2D eigenvalue weighted by Crippen LogP contribution is 2.51. The molecule has 0 unspecified atom stereocenters. The van der Waals surface area contributed by atoms with Crippen molar-refractivity contribution in [3.05, 3.63) is 53.9 Å². The molecule has 0 radical (unpaired) electrons. The van der Waals surface area contributed by atoms with Crippen LogP contribution in [0.1, 0.15) is 43.0 Å². The molecule has 142 valence electrons. The van der Waals surface area contributed by atoms with E-state index in [1.54, 1.807) is 23.5 Å². The van der Waals surface area contributed by atoms with Gasteiger partial charge >= 0.3 is 0 Å². The van der Waals surface area contributed by atoms with Crippen LogP contribution >= 0.6 is 0 Å². The Morgan fingerprint density at radius 3 is 2.89 bits per heavy atom. The maximum atomic E-state index is 13.6. The van der Waals surface area contributed by atoms with Crippen molar-refractivity contribution in [2.75, 3.05) is 0 Å². The Kier molecular flexibility index (Phi) is 3.81.